The van der Waals surface area contributed by atoms with E-state index in [1.54, 1.807) is 0 Å². The molecule has 1 heterocycles. The quantitative estimate of drug-likeness (QED) is 0.851. The van der Waals surface area contributed by atoms with E-state index in [4.69, 9.17) is 16.3 Å². The molecule has 1 aromatic rings. The summed E-state index contributed by atoms with van der Waals surface area (Å²) in [6.45, 7) is 1.14. The van der Waals surface area contributed by atoms with Crippen LogP contribution in [0.3, 0.4) is 0 Å². The zero-order chi connectivity index (χ0) is 15.5. The van der Waals surface area contributed by atoms with E-state index in [2.05, 4.69) is 5.32 Å². The molecule has 1 aliphatic rings. The average molecular weight is 332 g/mol. The Morgan fingerprint density at radius 2 is 1.86 bits per heavy atom. The SMILES string of the molecule is CS(=O)(=O)c1ccc(C(=O)NC2(CCl)CCOCC2)cc1. The molecule has 2 rings (SSSR count). The van der Waals surface area contributed by atoms with Crippen molar-refractivity contribution in [1.82, 2.24) is 5.32 Å². The fourth-order valence-electron chi connectivity index (χ4n) is 2.22. The van der Waals surface area contributed by atoms with E-state index in [0.717, 1.165) is 6.26 Å². The Morgan fingerprint density at radius 3 is 2.33 bits per heavy atom. The molecule has 0 spiro atoms. The van der Waals surface area contributed by atoms with Crippen molar-refractivity contribution < 1.29 is 17.9 Å². The molecule has 1 N–H and O–H groups in total. The van der Waals surface area contributed by atoms with Crippen LogP contribution in [-0.4, -0.2) is 45.2 Å². The van der Waals surface area contributed by atoms with Gasteiger partial charge >= 0.3 is 0 Å². The molecular weight excluding hydrogens is 314 g/mol. The molecule has 0 aromatic heterocycles. The highest BCUT2D eigenvalue weighted by molar-refractivity contribution is 7.90. The molecule has 0 unspecified atom stereocenters. The molecular formula is C14H18ClNO4S. The molecule has 21 heavy (non-hydrogen) atoms. The second kappa shape index (κ2) is 6.34. The predicted molar refractivity (Wildman–Crippen MR) is 80.5 cm³/mol. The van der Waals surface area contributed by atoms with Gasteiger partial charge in [0.25, 0.3) is 5.91 Å². The van der Waals surface area contributed by atoms with E-state index in [1.807, 2.05) is 0 Å². The molecule has 1 aromatic carbocycles. The molecule has 1 amide bonds. The van der Waals surface area contributed by atoms with Gasteiger partial charge in [0.2, 0.25) is 0 Å². The first-order chi connectivity index (χ1) is 9.86. The first kappa shape index (κ1) is 16.3. The number of carbonyl (C=O) groups excluding carboxylic acids is 1. The Kier molecular flexibility index (Phi) is 4.91. The van der Waals surface area contributed by atoms with E-state index >= 15 is 0 Å². The second-order valence-corrected chi connectivity index (χ2v) is 7.56. The number of benzene rings is 1. The minimum atomic E-state index is -3.26. The number of amides is 1. The van der Waals surface area contributed by atoms with Crippen molar-refractivity contribution >= 4 is 27.3 Å². The van der Waals surface area contributed by atoms with Crippen molar-refractivity contribution in [3.63, 3.8) is 0 Å². The van der Waals surface area contributed by atoms with Crippen LogP contribution in [0.25, 0.3) is 0 Å². The normalized spacial score (nSPS) is 18.2. The molecule has 1 saturated heterocycles. The molecule has 0 aliphatic carbocycles. The zero-order valence-corrected chi connectivity index (χ0v) is 13.3. The van der Waals surface area contributed by atoms with Gasteiger partial charge in [-0.1, -0.05) is 0 Å². The van der Waals surface area contributed by atoms with Crippen LogP contribution >= 0.6 is 11.6 Å². The van der Waals surface area contributed by atoms with Gasteiger partial charge in [0, 0.05) is 30.9 Å². The lowest BCUT2D eigenvalue weighted by molar-refractivity contribution is 0.0433. The van der Waals surface area contributed by atoms with E-state index in [9.17, 15) is 13.2 Å². The predicted octanol–water partition coefficient (Wildman–Crippen LogP) is 1.61. The van der Waals surface area contributed by atoms with Crippen LogP contribution in [0.15, 0.2) is 29.2 Å². The summed E-state index contributed by atoms with van der Waals surface area (Å²) in [4.78, 5) is 12.5. The fourth-order valence-corrected chi connectivity index (χ4v) is 3.19. The van der Waals surface area contributed by atoms with Gasteiger partial charge in [-0.2, -0.15) is 0 Å². The van der Waals surface area contributed by atoms with Crippen LogP contribution < -0.4 is 5.32 Å². The highest BCUT2D eigenvalue weighted by Gasteiger charge is 2.33. The molecule has 116 valence electrons. The van der Waals surface area contributed by atoms with E-state index in [1.165, 1.54) is 24.3 Å². The number of carbonyl (C=O) groups is 1. The maximum Gasteiger partial charge on any atom is 0.251 e. The van der Waals surface area contributed by atoms with Crippen molar-refractivity contribution in [3.05, 3.63) is 29.8 Å². The Balaban J connectivity index is 2.13. The Labute approximate surface area is 129 Å². The standard InChI is InChI=1S/C14H18ClNO4S/c1-21(18,19)12-4-2-11(3-5-12)13(17)16-14(10-15)6-8-20-9-7-14/h2-5H,6-10H2,1H3,(H,16,17). The van der Waals surface area contributed by atoms with Crippen LogP contribution in [0, 0.1) is 0 Å². The average Bonchev–Trinajstić information content (AvgIpc) is 2.47. The number of alkyl halides is 1. The smallest absolute Gasteiger partial charge is 0.251 e. The maximum absolute atomic E-state index is 12.3. The minimum Gasteiger partial charge on any atom is -0.381 e. The van der Waals surface area contributed by atoms with Crippen LogP contribution in [0.4, 0.5) is 0 Å². The van der Waals surface area contributed by atoms with Gasteiger partial charge < -0.3 is 10.1 Å². The molecule has 0 radical (unpaired) electrons. The number of nitrogens with one attached hydrogen (secondary N) is 1. The fraction of sp³-hybridized carbons (Fsp3) is 0.500. The number of sulfone groups is 1. The summed E-state index contributed by atoms with van der Waals surface area (Å²) in [6, 6.07) is 5.88. The van der Waals surface area contributed by atoms with Crippen molar-refractivity contribution in [2.75, 3.05) is 25.3 Å². The van der Waals surface area contributed by atoms with Gasteiger partial charge in [0.1, 0.15) is 0 Å². The minimum absolute atomic E-state index is 0.192. The van der Waals surface area contributed by atoms with E-state index in [-0.39, 0.29) is 10.8 Å². The van der Waals surface area contributed by atoms with E-state index in [0.29, 0.717) is 37.5 Å². The van der Waals surface area contributed by atoms with Crippen LogP contribution in [0.5, 0.6) is 0 Å². The Bertz CT molecular complexity index is 606. The molecule has 0 atom stereocenters. The summed E-state index contributed by atoms with van der Waals surface area (Å²) in [6.07, 6.45) is 2.47. The molecule has 0 saturated carbocycles. The molecule has 1 aliphatic heterocycles. The number of hydrogen-bond acceptors (Lipinski definition) is 4. The summed E-state index contributed by atoms with van der Waals surface area (Å²) in [5, 5.41) is 2.96. The Hall–Kier alpha value is -1.11. The number of ether oxygens (including phenoxy) is 1. The number of hydrogen-bond donors (Lipinski definition) is 1. The summed E-state index contributed by atoms with van der Waals surface area (Å²) in [5.41, 5.74) is -0.0368. The van der Waals surface area contributed by atoms with Gasteiger partial charge in [-0.3, -0.25) is 4.79 Å². The topological polar surface area (TPSA) is 72.5 Å². The maximum atomic E-state index is 12.3. The monoisotopic (exact) mass is 331 g/mol. The lowest BCUT2D eigenvalue weighted by Gasteiger charge is -2.36. The van der Waals surface area contributed by atoms with Crippen molar-refractivity contribution in [2.24, 2.45) is 0 Å². The first-order valence-corrected chi connectivity index (χ1v) is 9.05. The summed E-state index contributed by atoms with van der Waals surface area (Å²) < 4.78 is 28.1. The molecule has 5 nitrogen and oxygen atoms in total. The first-order valence-electron chi connectivity index (χ1n) is 6.63. The zero-order valence-electron chi connectivity index (χ0n) is 11.8. The van der Waals surface area contributed by atoms with Crippen LogP contribution in [-0.2, 0) is 14.6 Å². The van der Waals surface area contributed by atoms with Gasteiger partial charge in [-0.15, -0.1) is 11.6 Å². The highest BCUT2D eigenvalue weighted by Crippen LogP contribution is 2.23. The van der Waals surface area contributed by atoms with Crippen LogP contribution in [0.1, 0.15) is 23.2 Å². The van der Waals surface area contributed by atoms with E-state index < -0.39 is 15.4 Å². The van der Waals surface area contributed by atoms with Crippen molar-refractivity contribution in [2.45, 2.75) is 23.3 Å². The molecule has 0 bridgehead atoms. The summed E-state index contributed by atoms with van der Waals surface area (Å²) in [7, 11) is -3.26. The number of halogens is 1. The van der Waals surface area contributed by atoms with Gasteiger partial charge in [0.05, 0.1) is 10.4 Å². The second-order valence-electron chi connectivity index (χ2n) is 5.28. The Morgan fingerprint density at radius 1 is 1.29 bits per heavy atom. The third-order valence-electron chi connectivity index (χ3n) is 3.63. The number of rotatable bonds is 4. The lowest BCUT2D eigenvalue weighted by Crippen LogP contribution is -2.53. The highest BCUT2D eigenvalue weighted by atomic mass is 35.5. The summed E-state index contributed by atoms with van der Waals surface area (Å²) >= 11 is 6.00. The summed E-state index contributed by atoms with van der Waals surface area (Å²) in [5.74, 6) is 0.0707. The van der Waals surface area contributed by atoms with Crippen molar-refractivity contribution in [1.29, 1.82) is 0 Å². The molecule has 1 fully saturated rings. The molecule has 7 heteroatoms. The van der Waals surface area contributed by atoms with Crippen molar-refractivity contribution in [3.8, 4) is 0 Å². The van der Waals surface area contributed by atoms with Gasteiger partial charge in [-0.05, 0) is 37.1 Å². The van der Waals surface area contributed by atoms with Crippen LogP contribution in [0.2, 0.25) is 0 Å². The largest absolute Gasteiger partial charge is 0.381 e. The van der Waals surface area contributed by atoms with Gasteiger partial charge in [0.15, 0.2) is 9.84 Å². The third-order valence-corrected chi connectivity index (χ3v) is 5.27. The van der Waals surface area contributed by atoms with Gasteiger partial charge in [-0.25, -0.2) is 8.42 Å². The lowest BCUT2D eigenvalue weighted by atomic mass is 9.92. The third kappa shape index (κ3) is 3.96.